The van der Waals surface area contributed by atoms with Gasteiger partial charge >= 0.3 is 26.2 Å². The van der Waals surface area contributed by atoms with Crippen LogP contribution in [-0.4, -0.2) is 21.4 Å². The summed E-state index contributed by atoms with van der Waals surface area (Å²) < 4.78 is 0. The smallest absolute Gasteiger partial charge is 0.566 e. The third kappa shape index (κ3) is 9.90. The van der Waals surface area contributed by atoms with Crippen LogP contribution in [0.3, 0.4) is 0 Å². The quantitative estimate of drug-likeness (QED) is 0.539. The summed E-state index contributed by atoms with van der Waals surface area (Å²) in [7, 11) is 0. The van der Waals surface area contributed by atoms with Gasteiger partial charge in [-0.25, -0.2) is 13.2 Å². The van der Waals surface area contributed by atoms with E-state index in [-0.39, 0.29) is 33.6 Å². The Bertz CT molecular complexity index is 30.5. The van der Waals surface area contributed by atoms with Gasteiger partial charge in [0, 0.05) is 0 Å². The van der Waals surface area contributed by atoms with Crippen LogP contribution < -0.4 is 0 Å². The molecule has 4 heteroatoms. The van der Waals surface area contributed by atoms with Gasteiger partial charge in [-0.05, 0) is 0 Å². The number of rotatable bonds is 2. The van der Waals surface area contributed by atoms with Crippen LogP contribution in [0, 0.1) is 20.6 Å². The average molecular weight is 196 g/mol. The van der Waals surface area contributed by atoms with Crippen molar-refractivity contribution in [2.24, 2.45) is 0 Å². The third-order valence-electron chi connectivity index (χ3n) is 0.305. The molecule has 1 radical (unpaired) electrons. The molecule has 0 rings (SSSR count). The van der Waals surface area contributed by atoms with E-state index in [9.17, 15) is 0 Å². The summed E-state index contributed by atoms with van der Waals surface area (Å²) in [4.78, 5) is 0. The van der Waals surface area contributed by atoms with Crippen molar-refractivity contribution in [2.45, 2.75) is 6.10 Å². The summed E-state index contributed by atoms with van der Waals surface area (Å²) in [5, 5.41) is 23.6. The normalized spacial score (nSPS) is 7.50. The van der Waals surface area contributed by atoms with Crippen molar-refractivity contribution < 1.29 is 41.5 Å². The number of aliphatic hydroxyl groups excluding tert-OH is 3. The van der Waals surface area contributed by atoms with Crippen molar-refractivity contribution in [3.63, 3.8) is 0 Å². The first-order chi connectivity index (χ1) is 2.81. The van der Waals surface area contributed by atoms with E-state index in [1.807, 2.05) is 0 Å². The first-order valence-corrected chi connectivity index (χ1v) is 1.44. The monoisotopic (exact) mass is 195 g/mol. The second-order valence-electron chi connectivity index (χ2n) is 0.789. The van der Waals surface area contributed by atoms with Crippen LogP contribution in [0.25, 0.3) is 0 Å². The zero-order valence-corrected chi connectivity index (χ0v) is 7.03. The Morgan fingerprint density at radius 1 is 1.12 bits per heavy atom. The molecule has 0 aliphatic rings. The Morgan fingerprint density at radius 3 is 1.38 bits per heavy atom. The minimum atomic E-state index is -1.20. The van der Waals surface area contributed by atoms with E-state index in [1.165, 1.54) is 0 Å². The maximum Gasteiger partial charge on any atom is 3.00 e. The van der Waals surface area contributed by atoms with Gasteiger partial charge in [0.25, 0.3) is 0 Å². The minimum Gasteiger partial charge on any atom is -0.566 e. The molecule has 0 amide bonds. The van der Waals surface area contributed by atoms with Gasteiger partial charge in [0.1, 0.15) is 0 Å². The van der Waals surface area contributed by atoms with Crippen molar-refractivity contribution >= 4 is 0 Å². The molecule has 0 aromatic heterocycles. The van der Waals surface area contributed by atoms with E-state index in [0.717, 1.165) is 0 Å². The third-order valence-corrected chi connectivity index (χ3v) is 0.305. The zero-order chi connectivity index (χ0) is 4.99. The van der Waals surface area contributed by atoms with Crippen molar-refractivity contribution in [2.75, 3.05) is 0 Å². The maximum absolute atomic E-state index is 8.06. The maximum atomic E-state index is 8.06. The van der Waals surface area contributed by atoms with Gasteiger partial charge in [-0.15, -0.1) is 0 Å². The van der Waals surface area contributed by atoms with Gasteiger partial charge in [-0.2, -0.15) is 6.10 Å². The van der Waals surface area contributed by atoms with Gasteiger partial charge in [-0.1, -0.05) is 0 Å². The average Bonchev–Trinajstić information content (AvgIpc) is 1.65. The fourth-order valence-corrected chi connectivity index (χ4v) is 0.0385. The van der Waals surface area contributed by atoms with E-state index in [1.54, 1.807) is 0 Å². The molecule has 0 bridgehead atoms. The molecule has 3 nitrogen and oxygen atoms in total. The van der Waals surface area contributed by atoms with E-state index >= 15 is 0 Å². The van der Waals surface area contributed by atoms with E-state index < -0.39 is 6.10 Å². The Hall–Kier alpha value is 0.763. The molecule has 0 aliphatic carbocycles. The molecule has 0 saturated carbocycles. The second-order valence-corrected chi connectivity index (χ2v) is 0.789. The molecule has 8 heavy (non-hydrogen) atoms. The SMILES string of the molecule is O[CH-]C(O)[CH-]O.[CH3-].[Zr+3]. The predicted octanol–water partition coefficient (Wildman–Crippen LogP) is -0.136. The minimum absolute atomic E-state index is 0. The molecule has 0 atom stereocenters. The van der Waals surface area contributed by atoms with Crippen LogP contribution in [0.15, 0.2) is 0 Å². The van der Waals surface area contributed by atoms with Gasteiger partial charge < -0.3 is 22.7 Å². The number of hydrogen-bond donors (Lipinski definition) is 3. The van der Waals surface area contributed by atoms with Crippen LogP contribution in [0.4, 0.5) is 0 Å². The number of aliphatic hydroxyl groups is 3. The number of hydrogen-bond acceptors (Lipinski definition) is 3. The fourth-order valence-electron chi connectivity index (χ4n) is 0.0385. The molecule has 0 aromatic rings. The van der Waals surface area contributed by atoms with Gasteiger partial charge in [0.05, 0.1) is 0 Å². The summed E-state index contributed by atoms with van der Waals surface area (Å²) >= 11 is 0. The molecular weight excluding hydrogens is 187 g/mol. The first-order valence-electron chi connectivity index (χ1n) is 1.44. The summed E-state index contributed by atoms with van der Waals surface area (Å²) in [6.07, 6.45) is -1.20. The first kappa shape index (κ1) is 15.9. The van der Waals surface area contributed by atoms with Gasteiger partial charge in [-0.3, -0.25) is 0 Å². The summed E-state index contributed by atoms with van der Waals surface area (Å²) in [6, 6.07) is 0. The van der Waals surface area contributed by atoms with Crippen molar-refractivity contribution in [1.82, 2.24) is 0 Å². The van der Waals surface area contributed by atoms with E-state index in [4.69, 9.17) is 15.3 Å². The fraction of sp³-hybridized carbons (Fsp3) is 0.250. The van der Waals surface area contributed by atoms with Gasteiger partial charge in [0.15, 0.2) is 0 Å². The van der Waals surface area contributed by atoms with Crippen LogP contribution in [0.5, 0.6) is 0 Å². The van der Waals surface area contributed by atoms with Crippen molar-refractivity contribution in [1.29, 1.82) is 0 Å². The molecule has 0 aromatic carbocycles. The zero-order valence-electron chi connectivity index (χ0n) is 4.57. The molecule has 0 saturated heterocycles. The van der Waals surface area contributed by atoms with Crippen LogP contribution >= 0.6 is 0 Å². The Balaban J connectivity index is -0.000000125. The Morgan fingerprint density at radius 2 is 1.38 bits per heavy atom. The summed E-state index contributed by atoms with van der Waals surface area (Å²) in [5.41, 5.74) is 0. The van der Waals surface area contributed by atoms with Gasteiger partial charge in [0.2, 0.25) is 0 Å². The molecule has 0 heterocycles. The molecule has 0 spiro atoms. The summed E-state index contributed by atoms with van der Waals surface area (Å²) in [5.74, 6) is 0. The molecular formula is C4H9O3Zr. The van der Waals surface area contributed by atoms with E-state index in [0.29, 0.717) is 13.2 Å². The molecule has 0 fully saturated rings. The van der Waals surface area contributed by atoms with Crippen molar-refractivity contribution in [3.05, 3.63) is 20.6 Å². The van der Waals surface area contributed by atoms with Crippen LogP contribution in [-0.2, 0) is 26.2 Å². The van der Waals surface area contributed by atoms with Crippen LogP contribution in [0.2, 0.25) is 0 Å². The predicted molar refractivity (Wildman–Crippen MR) is 24.9 cm³/mol. The second kappa shape index (κ2) is 10.7. The molecule has 0 aliphatic heterocycles. The Labute approximate surface area is 68.5 Å². The van der Waals surface area contributed by atoms with Crippen molar-refractivity contribution in [3.8, 4) is 0 Å². The molecule has 0 unspecified atom stereocenters. The standard InChI is InChI=1S/C3H6O3.CH3.Zr/c4-1-3(6)2-5;;/h1-6H;1H3;/q-2;-1;+3. The largest absolute Gasteiger partial charge is 3.00 e. The van der Waals surface area contributed by atoms with Crippen LogP contribution in [0.1, 0.15) is 0 Å². The molecule has 47 valence electrons. The molecule has 3 N–H and O–H groups in total. The topological polar surface area (TPSA) is 60.7 Å². The van der Waals surface area contributed by atoms with E-state index in [2.05, 4.69) is 0 Å². The Kier molecular flexibility index (Phi) is 21.2. The summed E-state index contributed by atoms with van der Waals surface area (Å²) in [6.45, 7) is 0.944.